The monoisotopic (exact) mass is 606 g/mol. The van der Waals surface area contributed by atoms with Crippen molar-refractivity contribution in [3.63, 3.8) is 0 Å². The molecule has 2 saturated heterocycles. The van der Waals surface area contributed by atoms with E-state index in [9.17, 15) is 16.8 Å². The zero-order valence-corrected chi connectivity index (χ0v) is 25.2. The highest BCUT2D eigenvalue weighted by Gasteiger charge is 2.34. The van der Waals surface area contributed by atoms with Crippen molar-refractivity contribution in [2.75, 3.05) is 34.9 Å². The lowest BCUT2D eigenvalue weighted by atomic mass is 10.2. The first-order valence-electron chi connectivity index (χ1n) is 13.7. The van der Waals surface area contributed by atoms with E-state index in [0.29, 0.717) is 47.5 Å². The van der Waals surface area contributed by atoms with Crippen molar-refractivity contribution in [2.24, 2.45) is 0 Å². The van der Waals surface area contributed by atoms with Gasteiger partial charge in [-0.15, -0.1) is 0 Å². The maximum atomic E-state index is 12.9. The van der Waals surface area contributed by atoms with Crippen molar-refractivity contribution in [3.8, 4) is 0 Å². The summed E-state index contributed by atoms with van der Waals surface area (Å²) in [5, 5.41) is 0. The predicted octanol–water partition coefficient (Wildman–Crippen LogP) is 5.18. The molecule has 6 rings (SSSR count). The molecule has 0 saturated carbocycles. The Balaban J connectivity index is 0.000000168. The Bertz CT molecular complexity index is 1690. The molecule has 2 fully saturated rings. The largest absolute Gasteiger partial charge is 0.371 e. The molecule has 4 aromatic rings. The Morgan fingerprint density at radius 2 is 1.02 bits per heavy atom. The summed E-state index contributed by atoms with van der Waals surface area (Å²) >= 11 is 0. The van der Waals surface area contributed by atoms with Crippen LogP contribution in [0.15, 0.2) is 119 Å². The van der Waals surface area contributed by atoms with Crippen LogP contribution >= 0.6 is 0 Å². The van der Waals surface area contributed by atoms with Crippen LogP contribution < -0.4 is 8.61 Å². The van der Waals surface area contributed by atoms with Crippen LogP contribution in [0.25, 0.3) is 0 Å². The number of hydrogen-bond acceptors (Lipinski definition) is 6. The molecule has 2 atom stereocenters. The maximum Gasteiger partial charge on any atom is 0.264 e. The molecule has 2 unspecified atom stereocenters. The van der Waals surface area contributed by atoms with Crippen LogP contribution in [-0.2, 0) is 29.5 Å². The molecule has 4 aromatic carbocycles. The Kier molecular flexibility index (Phi) is 8.98. The lowest BCUT2D eigenvalue weighted by molar-refractivity contribution is 0.412. The van der Waals surface area contributed by atoms with Crippen LogP contribution in [0.4, 0.5) is 11.4 Å². The van der Waals surface area contributed by atoms with Gasteiger partial charge in [-0.2, -0.15) is 0 Å². The van der Waals surface area contributed by atoms with Gasteiger partial charge in [0.2, 0.25) is 0 Å². The summed E-state index contributed by atoms with van der Waals surface area (Å²) in [7, 11) is -7.15. The fourth-order valence-electron chi connectivity index (χ4n) is 4.33. The Morgan fingerprint density at radius 3 is 1.45 bits per heavy atom. The number of epoxide rings is 2. The molecule has 2 aliphatic rings. The Labute approximate surface area is 248 Å². The van der Waals surface area contributed by atoms with Crippen molar-refractivity contribution in [1.29, 1.82) is 0 Å². The first-order valence-corrected chi connectivity index (χ1v) is 16.5. The second-order valence-electron chi connectivity index (χ2n) is 10.3. The second-order valence-corrected chi connectivity index (χ2v) is 14.0. The minimum absolute atomic E-state index is 0.00886. The van der Waals surface area contributed by atoms with Gasteiger partial charge in [0.25, 0.3) is 20.0 Å². The molecule has 0 aliphatic carbocycles. The van der Waals surface area contributed by atoms with Crippen molar-refractivity contribution in [2.45, 2.75) is 35.8 Å². The van der Waals surface area contributed by atoms with Gasteiger partial charge in [-0.25, -0.2) is 16.8 Å². The number of nitrogens with zero attached hydrogens (tertiary/aromatic N) is 2. The molecular formula is C32H34N2O6S2. The molecule has 0 amide bonds. The van der Waals surface area contributed by atoms with Gasteiger partial charge in [-0.3, -0.25) is 8.61 Å². The third-order valence-electron chi connectivity index (χ3n) is 6.82. The van der Waals surface area contributed by atoms with Crippen molar-refractivity contribution in [3.05, 3.63) is 120 Å². The van der Waals surface area contributed by atoms with Gasteiger partial charge in [0.1, 0.15) is 0 Å². The summed E-state index contributed by atoms with van der Waals surface area (Å²) in [6.45, 7) is 5.75. The molecule has 42 heavy (non-hydrogen) atoms. The molecule has 0 aromatic heterocycles. The minimum atomic E-state index is -3.58. The summed E-state index contributed by atoms with van der Waals surface area (Å²) in [5.41, 5.74) is 3.28. The van der Waals surface area contributed by atoms with Gasteiger partial charge in [0.05, 0.1) is 59.7 Å². The third-order valence-corrected chi connectivity index (χ3v) is 10.4. The molecule has 10 heteroatoms. The summed E-state index contributed by atoms with van der Waals surface area (Å²) in [5.74, 6) is 0. The zero-order chi connectivity index (χ0) is 29.7. The Morgan fingerprint density at radius 1 is 0.571 bits per heavy atom. The SMILES string of the molecule is Cc1ccc(S(=O)(=O)N(CC2CO2)c2ccccc2)cc1.Cc1cccc(S(=O)(=O)N(CC2CO2)c2ccccc2)c1. The summed E-state index contributed by atoms with van der Waals surface area (Å²) < 4.78 is 64.9. The van der Waals surface area contributed by atoms with Crippen LogP contribution in [-0.4, -0.2) is 55.3 Å². The first-order chi connectivity index (χ1) is 20.1. The van der Waals surface area contributed by atoms with Gasteiger partial charge in [-0.05, 0) is 67.9 Å². The fraction of sp³-hybridized carbons (Fsp3) is 0.250. The van der Waals surface area contributed by atoms with Gasteiger partial charge in [0.15, 0.2) is 0 Å². The highest BCUT2D eigenvalue weighted by Crippen LogP contribution is 2.28. The van der Waals surface area contributed by atoms with Crippen LogP contribution in [0.2, 0.25) is 0 Å². The number of aryl methyl sites for hydroxylation is 2. The number of anilines is 2. The highest BCUT2D eigenvalue weighted by atomic mass is 32.2. The van der Waals surface area contributed by atoms with E-state index in [-0.39, 0.29) is 12.2 Å². The van der Waals surface area contributed by atoms with E-state index in [1.807, 2.05) is 68.4 Å². The smallest absolute Gasteiger partial charge is 0.264 e. The number of para-hydroxylation sites is 2. The number of sulfonamides is 2. The second kappa shape index (κ2) is 12.7. The lowest BCUT2D eigenvalue weighted by Crippen LogP contribution is -2.34. The minimum Gasteiger partial charge on any atom is -0.371 e. The van der Waals surface area contributed by atoms with Crippen molar-refractivity contribution < 1.29 is 26.3 Å². The first kappa shape index (κ1) is 29.8. The van der Waals surface area contributed by atoms with Crippen LogP contribution in [0.3, 0.4) is 0 Å². The third kappa shape index (κ3) is 7.38. The topological polar surface area (TPSA) is 99.8 Å². The van der Waals surface area contributed by atoms with E-state index in [2.05, 4.69) is 0 Å². The maximum absolute atomic E-state index is 12.9. The van der Waals surface area contributed by atoms with Crippen molar-refractivity contribution >= 4 is 31.4 Å². The molecule has 0 radical (unpaired) electrons. The van der Waals surface area contributed by atoms with Gasteiger partial charge in [-0.1, -0.05) is 66.2 Å². The highest BCUT2D eigenvalue weighted by molar-refractivity contribution is 7.93. The average Bonchev–Trinajstić information content (AvgIpc) is 3.92. The standard InChI is InChI=1S/2C16H17NO3S/c1-13-6-5-9-16(10-13)21(18,19)17(11-15-12-20-15)14-7-3-2-4-8-14;1-13-7-9-16(10-8-13)21(18,19)17(11-15-12-20-15)14-5-3-2-4-6-14/h2*2-10,15H,11-12H2,1H3. The molecule has 2 aliphatic heterocycles. The van der Waals surface area contributed by atoms with Gasteiger partial charge < -0.3 is 9.47 Å². The van der Waals surface area contributed by atoms with Crippen molar-refractivity contribution in [1.82, 2.24) is 0 Å². The molecule has 0 bridgehead atoms. The fourth-order valence-corrected chi connectivity index (χ4v) is 7.43. The van der Waals surface area contributed by atoms with Crippen LogP contribution in [0.1, 0.15) is 11.1 Å². The normalized spacial score (nSPS) is 17.5. The lowest BCUT2D eigenvalue weighted by Gasteiger charge is -2.24. The van der Waals surface area contributed by atoms with E-state index in [0.717, 1.165) is 11.1 Å². The molecule has 0 spiro atoms. The van der Waals surface area contributed by atoms with Crippen LogP contribution in [0, 0.1) is 13.8 Å². The Hall–Kier alpha value is -3.70. The summed E-state index contributed by atoms with van der Waals surface area (Å²) in [6.07, 6.45) is -0.0183. The van der Waals surface area contributed by atoms with Gasteiger partial charge in [0, 0.05) is 0 Å². The molecular weight excluding hydrogens is 572 g/mol. The predicted molar refractivity (Wildman–Crippen MR) is 164 cm³/mol. The van der Waals surface area contributed by atoms with E-state index in [4.69, 9.17) is 9.47 Å². The van der Waals surface area contributed by atoms with E-state index in [1.54, 1.807) is 54.6 Å². The van der Waals surface area contributed by atoms with E-state index >= 15 is 0 Å². The molecule has 8 nitrogen and oxygen atoms in total. The number of benzene rings is 4. The zero-order valence-electron chi connectivity index (χ0n) is 23.5. The van der Waals surface area contributed by atoms with Crippen LogP contribution in [0.5, 0.6) is 0 Å². The quantitative estimate of drug-likeness (QED) is 0.231. The average molecular weight is 607 g/mol. The summed E-state index contributed by atoms with van der Waals surface area (Å²) in [6, 6.07) is 32.2. The molecule has 2 heterocycles. The van der Waals surface area contributed by atoms with E-state index < -0.39 is 20.0 Å². The molecule has 0 N–H and O–H groups in total. The molecule has 220 valence electrons. The number of ether oxygens (including phenoxy) is 2. The number of hydrogen-bond donors (Lipinski definition) is 0. The number of rotatable bonds is 10. The van der Waals surface area contributed by atoms with E-state index in [1.165, 1.54) is 8.61 Å². The van der Waals surface area contributed by atoms with Gasteiger partial charge >= 0.3 is 0 Å². The summed E-state index contributed by atoms with van der Waals surface area (Å²) in [4.78, 5) is 0.615.